The molecule has 0 saturated heterocycles. The van der Waals surface area contributed by atoms with Crippen LogP contribution in [0.3, 0.4) is 0 Å². The molecule has 1 aliphatic heterocycles. The molecule has 5 heteroatoms. The number of rotatable bonds is 3. The number of fused-ring (bicyclic) bond motifs is 2. The predicted octanol–water partition coefficient (Wildman–Crippen LogP) is 4.44. The van der Waals surface area contributed by atoms with E-state index >= 15 is 0 Å². The van der Waals surface area contributed by atoms with E-state index in [0.717, 1.165) is 28.0 Å². The van der Waals surface area contributed by atoms with Gasteiger partial charge in [-0.15, -0.1) is 0 Å². The Balaban J connectivity index is 1.30. The smallest absolute Gasteiger partial charge is 0.265 e. The molecule has 132 valence electrons. The van der Waals surface area contributed by atoms with Gasteiger partial charge in [0.25, 0.3) is 5.91 Å². The van der Waals surface area contributed by atoms with E-state index in [1.165, 1.54) is 0 Å². The number of amides is 1. The zero-order valence-corrected chi connectivity index (χ0v) is 14.4. The molecule has 0 spiro atoms. The lowest BCUT2D eigenvalue weighted by molar-refractivity contribution is -0.122. The number of carbonyl (C=O) groups is 1. The van der Waals surface area contributed by atoms with Gasteiger partial charge in [0, 0.05) is 17.7 Å². The van der Waals surface area contributed by atoms with E-state index in [1.54, 1.807) is 0 Å². The molecule has 27 heavy (non-hydrogen) atoms. The number of anilines is 1. The van der Waals surface area contributed by atoms with Crippen LogP contribution in [0.4, 0.5) is 5.69 Å². The molecule has 0 aliphatic carbocycles. The number of hydrogen-bond acceptors (Lipinski definition) is 4. The summed E-state index contributed by atoms with van der Waals surface area (Å²) in [5.74, 6) is 1.19. The molecule has 1 aromatic heterocycles. The summed E-state index contributed by atoms with van der Waals surface area (Å²) in [4.78, 5) is 17.0. The predicted molar refractivity (Wildman–Crippen MR) is 103 cm³/mol. The molecule has 0 bridgehead atoms. The lowest BCUT2D eigenvalue weighted by Crippen LogP contribution is -2.31. The van der Waals surface area contributed by atoms with Crippen LogP contribution < -0.4 is 10.1 Å². The third kappa shape index (κ3) is 2.93. The van der Waals surface area contributed by atoms with Crippen molar-refractivity contribution >= 4 is 22.7 Å². The van der Waals surface area contributed by atoms with Gasteiger partial charge >= 0.3 is 0 Å². The minimum atomic E-state index is -0.501. The Morgan fingerprint density at radius 2 is 1.74 bits per heavy atom. The Morgan fingerprint density at radius 3 is 2.56 bits per heavy atom. The average molecular weight is 356 g/mol. The highest BCUT2D eigenvalue weighted by molar-refractivity contribution is 5.95. The molecule has 0 fully saturated rings. The number of nitrogens with one attached hydrogen (secondary N) is 1. The van der Waals surface area contributed by atoms with Crippen LogP contribution in [-0.4, -0.2) is 17.0 Å². The van der Waals surface area contributed by atoms with E-state index in [2.05, 4.69) is 10.3 Å². The quantitative estimate of drug-likeness (QED) is 0.589. The maximum atomic E-state index is 12.5. The van der Waals surface area contributed by atoms with Crippen LogP contribution in [0.2, 0.25) is 0 Å². The number of aromatic nitrogens is 1. The summed E-state index contributed by atoms with van der Waals surface area (Å²) < 4.78 is 11.5. The minimum absolute atomic E-state index is 0.152. The van der Waals surface area contributed by atoms with Gasteiger partial charge in [-0.3, -0.25) is 4.79 Å². The molecule has 3 aromatic carbocycles. The molecule has 1 aliphatic rings. The fraction of sp³-hybridized carbons (Fsp3) is 0.0909. The maximum Gasteiger partial charge on any atom is 0.265 e. The van der Waals surface area contributed by atoms with Gasteiger partial charge in [-0.2, -0.15) is 0 Å². The SMILES string of the molecule is O=C(Nc1ccc(-c2nc3ccccc3o2)cc1)[C@@H]1Cc2ccccc2O1. The summed E-state index contributed by atoms with van der Waals surface area (Å²) in [7, 11) is 0. The molecule has 0 saturated carbocycles. The molecule has 2 heterocycles. The molecular formula is C22H16N2O3. The number of nitrogens with zero attached hydrogens (tertiary/aromatic N) is 1. The topological polar surface area (TPSA) is 64.4 Å². The van der Waals surface area contributed by atoms with Crippen molar-refractivity contribution in [1.29, 1.82) is 0 Å². The van der Waals surface area contributed by atoms with E-state index in [-0.39, 0.29) is 5.91 Å². The molecule has 1 amide bonds. The van der Waals surface area contributed by atoms with Crippen LogP contribution in [-0.2, 0) is 11.2 Å². The summed E-state index contributed by atoms with van der Waals surface area (Å²) in [5.41, 5.74) is 4.20. The van der Waals surface area contributed by atoms with Crippen LogP contribution in [0, 0.1) is 0 Å². The van der Waals surface area contributed by atoms with Crippen molar-refractivity contribution in [2.75, 3.05) is 5.32 Å². The highest BCUT2D eigenvalue weighted by Crippen LogP contribution is 2.29. The molecular weight excluding hydrogens is 340 g/mol. The molecule has 1 N–H and O–H groups in total. The van der Waals surface area contributed by atoms with E-state index in [1.807, 2.05) is 72.8 Å². The molecule has 4 aromatic rings. The number of benzene rings is 3. The van der Waals surface area contributed by atoms with Crippen molar-refractivity contribution in [2.45, 2.75) is 12.5 Å². The fourth-order valence-electron chi connectivity index (χ4n) is 3.24. The standard InChI is InChI=1S/C22H16N2O3/c25-21(20-13-15-5-1-3-7-18(15)26-20)23-16-11-9-14(10-12-16)22-24-17-6-2-4-8-19(17)27-22/h1-12,20H,13H2,(H,23,25)/t20-/m0/s1. The summed E-state index contributed by atoms with van der Waals surface area (Å²) >= 11 is 0. The highest BCUT2D eigenvalue weighted by atomic mass is 16.5. The van der Waals surface area contributed by atoms with E-state index in [0.29, 0.717) is 18.0 Å². The van der Waals surface area contributed by atoms with Gasteiger partial charge < -0.3 is 14.5 Å². The van der Waals surface area contributed by atoms with Crippen molar-refractivity contribution in [3.8, 4) is 17.2 Å². The van der Waals surface area contributed by atoms with E-state index in [4.69, 9.17) is 9.15 Å². The van der Waals surface area contributed by atoms with Crippen molar-refractivity contribution < 1.29 is 13.9 Å². The van der Waals surface area contributed by atoms with Crippen molar-refractivity contribution in [3.63, 3.8) is 0 Å². The largest absolute Gasteiger partial charge is 0.480 e. The lowest BCUT2D eigenvalue weighted by atomic mass is 10.1. The second-order valence-electron chi connectivity index (χ2n) is 6.47. The van der Waals surface area contributed by atoms with Crippen molar-refractivity contribution in [1.82, 2.24) is 4.98 Å². The first-order valence-corrected chi connectivity index (χ1v) is 8.78. The van der Waals surface area contributed by atoms with Gasteiger partial charge in [0.1, 0.15) is 11.3 Å². The minimum Gasteiger partial charge on any atom is -0.480 e. The fourth-order valence-corrected chi connectivity index (χ4v) is 3.24. The van der Waals surface area contributed by atoms with Crippen LogP contribution in [0.25, 0.3) is 22.6 Å². The Morgan fingerprint density at radius 1 is 0.963 bits per heavy atom. The van der Waals surface area contributed by atoms with Crippen LogP contribution in [0.5, 0.6) is 5.75 Å². The third-order valence-corrected chi connectivity index (χ3v) is 4.63. The second kappa shape index (κ2) is 6.29. The highest BCUT2D eigenvalue weighted by Gasteiger charge is 2.28. The van der Waals surface area contributed by atoms with Gasteiger partial charge in [-0.1, -0.05) is 30.3 Å². The Labute approximate surface area is 155 Å². The monoisotopic (exact) mass is 356 g/mol. The number of ether oxygens (including phenoxy) is 1. The van der Waals surface area contributed by atoms with Gasteiger partial charge in [-0.25, -0.2) is 4.98 Å². The lowest BCUT2D eigenvalue weighted by Gasteiger charge is -2.11. The summed E-state index contributed by atoms with van der Waals surface area (Å²) in [6, 6.07) is 22.8. The summed E-state index contributed by atoms with van der Waals surface area (Å²) in [6.45, 7) is 0. The van der Waals surface area contributed by atoms with Crippen LogP contribution >= 0.6 is 0 Å². The zero-order chi connectivity index (χ0) is 18.2. The molecule has 0 radical (unpaired) electrons. The van der Waals surface area contributed by atoms with Gasteiger partial charge in [0.05, 0.1) is 0 Å². The maximum absolute atomic E-state index is 12.5. The number of para-hydroxylation sites is 3. The number of hydrogen-bond donors (Lipinski definition) is 1. The molecule has 1 atom stereocenters. The normalized spacial score (nSPS) is 15.3. The Kier molecular flexibility index (Phi) is 3.64. The summed E-state index contributed by atoms with van der Waals surface area (Å²) in [6.07, 6.45) is 0.0855. The third-order valence-electron chi connectivity index (χ3n) is 4.63. The number of carbonyl (C=O) groups excluding carboxylic acids is 1. The Hall–Kier alpha value is -3.60. The first-order chi connectivity index (χ1) is 13.3. The molecule has 5 nitrogen and oxygen atoms in total. The second-order valence-corrected chi connectivity index (χ2v) is 6.47. The van der Waals surface area contributed by atoms with Crippen molar-refractivity contribution in [3.05, 3.63) is 78.4 Å². The van der Waals surface area contributed by atoms with E-state index < -0.39 is 6.10 Å². The molecule has 5 rings (SSSR count). The average Bonchev–Trinajstić information content (AvgIpc) is 3.32. The first kappa shape index (κ1) is 15.6. The van der Waals surface area contributed by atoms with E-state index in [9.17, 15) is 4.79 Å². The Bertz CT molecular complexity index is 1070. The van der Waals surface area contributed by atoms with Gasteiger partial charge in [0.15, 0.2) is 11.7 Å². The first-order valence-electron chi connectivity index (χ1n) is 8.78. The molecule has 0 unspecified atom stereocenters. The van der Waals surface area contributed by atoms with Gasteiger partial charge in [-0.05, 0) is 48.0 Å². The van der Waals surface area contributed by atoms with Gasteiger partial charge in [0.2, 0.25) is 5.89 Å². The number of oxazole rings is 1. The summed E-state index contributed by atoms with van der Waals surface area (Å²) in [5, 5.41) is 2.91. The van der Waals surface area contributed by atoms with Crippen molar-refractivity contribution in [2.24, 2.45) is 0 Å². The van der Waals surface area contributed by atoms with Crippen LogP contribution in [0.1, 0.15) is 5.56 Å². The van der Waals surface area contributed by atoms with Crippen LogP contribution in [0.15, 0.2) is 77.2 Å². The zero-order valence-electron chi connectivity index (χ0n) is 14.4.